The maximum absolute atomic E-state index is 9.54. The van der Waals surface area contributed by atoms with E-state index in [1.54, 1.807) is 30.3 Å². The Morgan fingerprint density at radius 1 is 1.12 bits per heavy atom. The van der Waals surface area contributed by atoms with Crippen LogP contribution in [0.5, 0.6) is 0 Å². The minimum Gasteiger partial charge on any atom is -0.509 e. The lowest BCUT2D eigenvalue weighted by molar-refractivity contribution is -0.0735. The molecule has 0 aromatic heterocycles. The molecule has 0 heterocycles. The van der Waals surface area contributed by atoms with Crippen LogP contribution in [0, 0.1) is 0 Å². The highest BCUT2D eigenvalue weighted by atomic mass is 16.4. The van der Waals surface area contributed by atoms with Gasteiger partial charge in [-0.3, -0.25) is 0 Å². The molecular weight excluding hydrogens is 224 g/mol. The summed E-state index contributed by atoms with van der Waals surface area (Å²) in [5.41, 5.74) is 0.648. The SMILES string of the molecule is OC[C@@H](O)[C@@H](O)[C@@H](O)C(O)=Cc1ccccc1. The summed E-state index contributed by atoms with van der Waals surface area (Å²) in [5, 5.41) is 46.1. The molecule has 0 aliphatic heterocycles. The van der Waals surface area contributed by atoms with Gasteiger partial charge >= 0.3 is 0 Å². The Morgan fingerprint density at radius 3 is 2.24 bits per heavy atom. The first kappa shape index (κ1) is 13.7. The number of hydrogen-bond donors (Lipinski definition) is 5. The van der Waals surface area contributed by atoms with Gasteiger partial charge < -0.3 is 25.5 Å². The van der Waals surface area contributed by atoms with Crippen molar-refractivity contribution in [3.05, 3.63) is 41.7 Å². The van der Waals surface area contributed by atoms with Crippen molar-refractivity contribution in [1.29, 1.82) is 0 Å². The third-order valence-electron chi connectivity index (χ3n) is 2.32. The van der Waals surface area contributed by atoms with Crippen molar-refractivity contribution in [2.24, 2.45) is 0 Å². The second-order valence-corrected chi connectivity index (χ2v) is 3.67. The number of benzene rings is 1. The molecule has 5 heteroatoms. The molecule has 0 bridgehead atoms. The summed E-state index contributed by atoms with van der Waals surface area (Å²) in [7, 11) is 0. The monoisotopic (exact) mass is 240 g/mol. The summed E-state index contributed by atoms with van der Waals surface area (Å²) in [6.07, 6.45) is -3.51. The van der Waals surface area contributed by atoms with Crippen molar-refractivity contribution in [1.82, 2.24) is 0 Å². The Morgan fingerprint density at radius 2 is 1.71 bits per heavy atom. The van der Waals surface area contributed by atoms with Gasteiger partial charge in [-0.15, -0.1) is 0 Å². The average molecular weight is 240 g/mol. The smallest absolute Gasteiger partial charge is 0.139 e. The van der Waals surface area contributed by atoms with Gasteiger partial charge in [0.25, 0.3) is 0 Å². The summed E-state index contributed by atoms with van der Waals surface area (Å²) >= 11 is 0. The van der Waals surface area contributed by atoms with Crippen molar-refractivity contribution in [2.45, 2.75) is 18.3 Å². The van der Waals surface area contributed by atoms with Gasteiger partial charge in [-0.05, 0) is 11.6 Å². The molecule has 3 atom stereocenters. The van der Waals surface area contributed by atoms with Gasteiger partial charge in [0.1, 0.15) is 24.1 Å². The molecule has 1 rings (SSSR count). The summed E-state index contributed by atoms with van der Waals surface area (Å²) in [6.45, 7) is -0.698. The Labute approximate surface area is 98.9 Å². The fraction of sp³-hybridized carbons (Fsp3) is 0.333. The van der Waals surface area contributed by atoms with Gasteiger partial charge in [0.2, 0.25) is 0 Å². The van der Waals surface area contributed by atoms with Crippen LogP contribution in [0.1, 0.15) is 5.56 Å². The Bertz CT molecular complexity index is 362. The highest BCUT2D eigenvalue weighted by molar-refractivity contribution is 5.51. The van der Waals surface area contributed by atoms with Crippen LogP contribution in [0.3, 0.4) is 0 Å². The second-order valence-electron chi connectivity index (χ2n) is 3.67. The Kier molecular flexibility index (Phi) is 5.11. The molecule has 0 fully saturated rings. The zero-order valence-corrected chi connectivity index (χ0v) is 9.14. The van der Waals surface area contributed by atoms with Crippen molar-refractivity contribution < 1.29 is 25.5 Å². The van der Waals surface area contributed by atoms with E-state index < -0.39 is 30.7 Å². The lowest BCUT2D eigenvalue weighted by Gasteiger charge is -2.20. The first-order valence-electron chi connectivity index (χ1n) is 5.17. The van der Waals surface area contributed by atoms with Gasteiger partial charge in [0.15, 0.2) is 0 Å². The van der Waals surface area contributed by atoms with Gasteiger partial charge in [-0.2, -0.15) is 0 Å². The van der Waals surface area contributed by atoms with E-state index in [4.69, 9.17) is 10.2 Å². The molecule has 0 amide bonds. The second kappa shape index (κ2) is 6.36. The van der Waals surface area contributed by atoms with Crippen molar-refractivity contribution >= 4 is 6.08 Å². The number of aliphatic hydroxyl groups excluding tert-OH is 5. The largest absolute Gasteiger partial charge is 0.509 e. The molecule has 0 saturated heterocycles. The predicted molar refractivity (Wildman–Crippen MR) is 62.2 cm³/mol. The number of aliphatic hydroxyl groups is 5. The lowest BCUT2D eigenvalue weighted by atomic mass is 10.1. The van der Waals surface area contributed by atoms with Gasteiger partial charge in [-0.25, -0.2) is 0 Å². The fourth-order valence-electron chi connectivity index (χ4n) is 1.30. The van der Waals surface area contributed by atoms with Crippen molar-refractivity contribution in [3.8, 4) is 0 Å². The third-order valence-corrected chi connectivity index (χ3v) is 2.32. The van der Waals surface area contributed by atoms with Crippen LogP contribution in [0.4, 0.5) is 0 Å². The molecule has 0 unspecified atom stereocenters. The summed E-state index contributed by atoms with van der Waals surface area (Å²) < 4.78 is 0. The minimum atomic E-state index is -1.64. The Balaban J connectivity index is 2.76. The van der Waals surface area contributed by atoms with E-state index in [1.807, 2.05) is 0 Å². The lowest BCUT2D eigenvalue weighted by Crippen LogP contribution is -2.40. The fourth-order valence-corrected chi connectivity index (χ4v) is 1.30. The summed E-state index contributed by atoms with van der Waals surface area (Å²) in [5.74, 6) is -0.476. The van der Waals surface area contributed by atoms with E-state index in [1.165, 1.54) is 6.08 Å². The predicted octanol–water partition coefficient (Wildman–Crippen LogP) is -0.340. The van der Waals surface area contributed by atoms with E-state index in [2.05, 4.69) is 0 Å². The molecule has 0 aliphatic rings. The van der Waals surface area contributed by atoms with E-state index in [0.29, 0.717) is 5.56 Å². The van der Waals surface area contributed by atoms with E-state index in [0.717, 1.165) is 0 Å². The van der Waals surface area contributed by atoms with Crippen molar-refractivity contribution in [3.63, 3.8) is 0 Å². The van der Waals surface area contributed by atoms with Crippen LogP contribution < -0.4 is 0 Å². The molecule has 0 spiro atoms. The van der Waals surface area contributed by atoms with Gasteiger partial charge in [0, 0.05) is 0 Å². The zero-order valence-electron chi connectivity index (χ0n) is 9.14. The maximum Gasteiger partial charge on any atom is 0.139 e. The van der Waals surface area contributed by atoms with Crippen molar-refractivity contribution in [2.75, 3.05) is 6.61 Å². The van der Waals surface area contributed by atoms with E-state index >= 15 is 0 Å². The maximum atomic E-state index is 9.54. The molecule has 1 aromatic carbocycles. The number of rotatable bonds is 5. The van der Waals surface area contributed by atoms with Crippen LogP contribution in [-0.2, 0) is 0 Å². The molecule has 1 aromatic rings. The summed E-state index contributed by atoms with van der Waals surface area (Å²) in [6, 6.07) is 8.72. The van der Waals surface area contributed by atoms with E-state index in [-0.39, 0.29) is 0 Å². The average Bonchev–Trinajstić information content (AvgIpc) is 2.37. The molecule has 5 N–H and O–H groups in total. The topological polar surface area (TPSA) is 101 Å². The summed E-state index contributed by atoms with van der Waals surface area (Å²) in [4.78, 5) is 0. The first-order chi connectivity index (χ1) is 8.06. The molecule has 5 nitrogen and oxygen atoms in total. The third kappa shape index (κ3) is 3.83. The molecule has 0 aliphatic carbocycles. The minimum absolute atomic E-state index is 0.476. The van der Waals surface area contributed by atoms with E-state index in [9.17, 15) is 15.3 Å². The standard InChI is InChI=1S/C12H16O5/c13-7-10(15)12(17)11(16)9(14)6-8-4-2-1-3-5-8/h1-6,10-17H,7H2/t10-,11+,12-/m1/s1. The normalized spacial score (nSPS) is 17.5. The van der Waals surface area contributed by atoms with Crippen LogP contribution in [0.2, 0.25) is 0 Å². The molecule has 94 valence electrons. The quantitative estimate of drug-likeness (QED) is 0.453. The molecule has 17 heavy (non-hydrogen) atoms. The molecule has 0 radical (unpaired) electrons. The van der Waals surface area contributed by atoms with Crippen LogP contribution in [-0.4, -0.2) is 50.5 Å². The van der Waals surface area contributed by atoms with Crippen LogP contribution in [0.15, 0.2) is 36.1 Å². The Hall–Kier alpha value is -1.40. The number of hydrogen-bond acceptors (Lipinski definition) is 5. The highest BCUT2D eigenvalue weighted by Crippen LogP contribution is 2.12. The molecule has 0 saturated carbocycles. The van der Waals surface area contributed by atoms with Crippen LogP contribution in [0.25, 0.3) is 6.08 Å². The van der Waals surface area contributed by atoms with Gasteiger partial charge in [-0.1, -0.05) is 30.3 Å². The molecular formula is C12H16O5. The van der Waals surface area contributed by atoms with Crippen LogP contribution >= 0.6 is 0 Å². The first-order valence-corrected chi connectivity index (χ1v) is 5.17. The zero-order chi connectivity index (χ0) is 12.8. The highest BCUT2D eigenvalue weighted by Gasteiger charge is 2.26. The van der Waals surface area contributed by atoms with Gasteiger partial charge in [0.05, 0.1) is 6.61 Å².